The molecule has 0 fully saturated rings. The Balaban J connectivity index is 0.000000405. The topological polar surface area (TPSA) is 136 Å². The maximum Gasteiger partial charge on any atom is 0.490 e. The monoisotopic (exact) mass is 514 g/mol. The number of benzene rings is 1. The maximum absolute atomic E-state index is 12.3. The number of halogens is 3. The Kier molecular flexibility index (Phi) is 7.11. The van der Waals surface area contributed by atoms with Crippen LogP contribution in [0, 0.1) is 0 Å². The molecule has 0 radical (unpaired) electrons. The molecule has 4 N–H and O–H groups in total. The summed E-state index contributed by atoms with van der Waals surface area (Å²) in [6, 6.07) is 13.3. The fourth-order valence-electron chi connectivity index (χ4n) is 4.03. The number of alkyl halides is 3. The number of H-pyrrole nitrogens is 1. The maximum atomic E-state index is 12.3. The van der Waals surface area contributed by atoms with E-state index in [-0.39, 0.29) is 11.8 Å². The third-order valence-corrected chi connectivity index (χ3v) is 5.77. The van der Waals surface area contributed by atoms with Crippen LogP contribution in [-0.2, 0) is 16.0 Å². The molecular formula is C25H21F3N4O5. The summed E-state index contributed by atoms with van der Waals surface area (Å²) in [7, 11) is 0. The lowest BCUT2D eigenvalue weighted by Crippen LogP contribution is -2.36. The molecule has 1 aromatic carbocycles. The second kappa shape index (κ2) is 10.3. The molecule has 12 heteroatoms. The van der Waals surface area contributed by atoms with Gasteiger partial charge in [0.2, 0.25) is 0 Å². The number of anilines is 1. The molecule has 0 saturated heterocycles. The highest BCUT2D eigenvalue weighted by atomic mass is 19.4. The molecule has 0 bridgehead atoms. The molecule has 2 aliphatic heterocycles. The van der Waals surface area contributed by atoms with Gasteiger partial charge in [0.1, 0.15) is 6.61 Å². The molecular weight excluding hydrogens is 493 g/mol. The number of para-hydroxylation sites is 1. The zero-order valence-corrected chi connectivity index (χ0v) is 19.2. The first-order chi connectivity index (χ1) is 17.6. The summed E-state index contributed by atoms with van der Waals surface area (Å²) in [5.41, 5.74) is 6.71. The molecule has 192 valence electrons. The number of carboxylic acids is 1. The summed E-state index contributed by atoms with van der Waals surface area (Å²) in [4.78, 5) is 42.8. The van der Waals surface area contributed by atoms with Crippen molar-refractivity contribution in [3.05, 3.63) is 71.2 Å². The molecule has 0 saturated carbocycles. The Morgan fingerprint density at radius 3 is 2.54 bits per heavy atom. The molecule has 2 aromatic heterocycles. The van der Waals surface area contributed by atoms with Gasteiger partial charge >= 0.3 is 12.1 Å². The Morgan fingerprint density at radius 2 is 1.86 bits per heavy atom. The molecule has 0 spiro atoms. The van der Waals surface area contributed by atoms with Crippen molar-refractivity contribution in [2.75, 3.05) is 24.6 Å². The Hall–Kier alpha value is -4.45. The van der Waals surface area contributed by atoms with Gasteiger partial charge in [-0.15, -0.1) is 0 Å². The average molecular weight is 514 g/mol. The predicted molar refractivity (Wildman–Crippen MR) is 128 cm³/mol. The number of aromatic nitrogens is 2. The van der Waals surface area contributed by atoms with E-state index in [1.165, 1.54) is 0 Å². The standard InChI is InChI=1S/C23H20N4O3.C2HF3O2/c28-13-22(29)27-12-16(9-15-3-1-2-4-21(15)27)19-10-14(5-7-24-19)20-11-17-18(26-20)6-8-25-23(17)30;3-2(4,5)1(6)7/h1-5,7,9-11,26,28H,6,8,12-13H2,(H,25,30);(H,6,7). The smallest absolute Gasteiger partial charge is 0.475 e. The zero-order chi connectivity index (χ0) is 26.7. The van der Waals surface area contributed by atoms with E-state index in [0.717, 1.165) is 45.9 Å². The molecule has 2 amide bonds. The van der Waals surface area contributed by atoms with Gasteiger partial charge in [-0.2, -0.15) is 13.2 Å². The summed E-state index contributed by atoms with van der Waals surface area (Å²) >= 11 is 0. The van der Waals surface area contributed by atoms with Crippen molar-refractivity contribution in [2.24, 2.45) is 0 Å². The SMILES string of the molecule is O=C(O)C(F)(F)F.O=C1NCCc2[nH]c(-c3ccnc(C4=Cc5ccccc5N(C(=O)CO)C4)c3)cc21. The number of hydrogen-bond donors (Lipinski definition) is 4. The van der Waals surface area contributed by atoms with Crippen molar-refractivity contribution >= 4 is 35.1 Å². The number of amides is 2. The quantitative estimate of drug-likeness (QED) is 0.425. The van der Waals surface area contributed by atoms with Crippen LogP contribution in [0.4, 0.5) is 18.9 Å². The van der Waals surface area contributed by atoms with Gasteiger partial charge in [0.05, 0.1) is 23.5 Å². The first-order valence-electron chi connectivity index (χ1n) is 11.1. The van der Waals surface area contributed by atoms with Crippen LogP contribution < -0.4 is 10.2 Å². The van der Waals surface area contributed by atoms with Gasteiger partial charge in [-0.3, -0.25) is 14.6 Å². The first kappa shape index (κ1) is 25.6. The van der Waals surface area contributed by atoms with Crippen LogP contribution in [0.2, 0.25) is 0 Å². The first-order valence-corrected chi connectivity index (χ1v) is 11.1. The highest BCUT2D eigenvalue weighted by Crippen LogP contribution is 2.33. The van der Waals surface area contributed by atoms with Crippen LogP contribution >= 0.6 is 0 Å². The minimum Gasteiger partial charge on any atom is -0.475 e. The highest BCUT2D eigenvalue weighted by Gasteiger charge is 2.38. The number of aliphatic carboxylic acids is 1. The van der Waals surface area contributed by atoms with E-state index in [9.17, 15) is 27.9 Å². The fourth-order valence-corrected chi connectivity index (χ4v) is 4.03. The van der Waals surface area contributed by atoms with Gasteiger partial charge in [0.15, 0.2) is 0 Å². The number of hydrogen-bond acceptors (Lipinski definition) is 5. The van der Waals surface area contributed by atoms with E-state index in [4.69, 9.17) is 9.90 Å². The van der Waals surface area contributed by atoms with Crippen molar-refractivity contribution in [2.45, 2.75) is 12.6 Å². The minimum atomic E-state index is -5.08. The third kappa shape index (κ3) is 5.54. The summed E-state index contributed by atoms with van der Waals surface area (Å²) in [6.07, 6.45) is -0.556. The van der Waals surface area contributed by atoms with E-state index >= 15 is 0 Å². The largest absolute Gasteiger partial charge is 0.490 e. The molecule has 5 rings (SSSR count). The van der Waals surface area contributed by atoms with Crippen molar-refractivity contribution < 1.29 is 37.8 Å². The summed E-state index contributed by atoms with van der Waals surface area (Å²) < 4.78 is 31.7. The van der Waals surface area contributed by atoms with Crippen LogP contribution in [0.1, 0.15) is 27.3 Å². The molecule has 9 nitrogen and oxygen atoms in total. The average Bonchev–Trinajstić information content (AvgIpc) is 3.33. The lowest BCUT2D eigenvalue weighted by molar-refractivity contribution is -0.192. The normalized spacial score (nSPS) is 14.4. The molecule has 37 heavy (non-hydrogen) atoms. The van der Waals surface area contributed by atoms with Gasteiger partial charge in [-0.05, 0) is 41.5 Å². The van der Waals surface area contributed by atoms with Gasteiger partial charge in [0.25, 0.3) is 11.8 Å². The molecule has 0 unspecified atom stereocenters. The Morgan fingerprint density at radius 1 is 1.14 bits per heavy atom. The number of nitrogens with one attached hydrogen (secondary N) is 2. The molecule has 0 aliphatic carbocycles. The number of carboxylic acid groups (broad SMARTS) is 1. The number of pyridine rings is 1. The van der Waals surface area contributed by atoms with Gasteiger partial charge in [-0.25, -0.2) is 4.79 Å². The summed E-state index contributed by atoms with van der Waals surface area (Å²) in [5.74, 6) is -3.17. The second-order valence-corrected chi connectivity index (χ2v) is 8.18. The van der Waals surface area contributed by atoms with E-state index < -0.39 is 18.8 Å². The number of carbonyl (C=O) groups excluding carboxylic acids is 2. The number of nitrogens with zero attached hydrogens (tertiary/aromatic N) is 2. The molecule has 0 atom stereocenters. The zero-order valence-electron chi connectivity index (χ0n) is 19.2. The number of aliphatic hydroxyl groups excluding tert-OH is 1. The van der Waals surface area contributed by atoms with Crippen molar-refractivity contribution in [3.63, 3.8) is 0 Å². The molecule has 4 heterocycles. The van der Waals surface area contributed by atoms with Crippen LogP contribution in [0.15, 0.2) is 48.7 Å². The highest BCUT2D eigenvalue weighted by molar-refractivity contribution is 6.03. The number of aromatic amines is 1. The molecule has 3 aromatic rings. The van der Waals surface area contributed by atoms with E-state index in [1.54, 1.807) is 11.1 Å². The van der Waals surface area contributed by atoms with Crippen molar-refractivity contribution in [1.82, 2.24) is 15.3 Å². The van der Waals surface area contributed by atoms with Crippen LogP contribution in [0.5, 0.6) is 0 Å². The van der Waals surface area contributed by atoms with Crippen LogP contribution in [0.25, 0.3) is 22.9 Å². The third-order valence-electron chi connectivity index (χ3n) is 5.77. The minimum absolute atomic E-state index is 0.0576. The van der Waals surface area contributed by atoms with Crippen molar-refractivity contribution in [3.8, 4) is 11.3 Å². The van der Waals surface area contributed by atoms with Gasteiger partial charge in [0, 0.05) is 36.1 Å². The lowest BCUT2D eigenvalue weighted by atomic mass is 9.98. The predicted octanol–water partition coefficient (Wildman–Crippen LogP) is 2.88. The fraction of sp³-hybridized carbons (Fsp3) is 0.200. The second-order valence-electron chi connectivity index (χ2n) is 8.18. The van der Waals surface area contributed by atoms with Gasteiger partial charge < -0.3 is 25.4 Å². The number of rotatable bonds is 3. The Labute approximate surface area is 208 Å². The van der Waals surface area contributed by atoms with E-state index in [0.29, 0.717) is 18.7 Å². The van der Waals surface area contributed by atoms with Crippen LogP contribution in [0.3, 0.4) is 0 Å². The van der Waals surface area contributed by atoms with E-state index in [2.05, 4.69) is 15.3 Å². The summed E-state index contributed by atoms with van der Waals surface area (Å²) in [5, 5.41) is 19.4. The Bertz CT molecular complexity index is 1400. The number of carbonyl (C=O) groups is 3. The van der Waals surface area contributed by atoms with E-state index in [1.807, 2.05) is 48.5 Å². The summed E-state index contributed by atoms with van der Waals surface area (Å²) in [6.45, 7) is 0.413. The van der Waals surface area contributed by atoms with Gasteiger partial charge in [-0.1, -0.05) is 18.2 Å². The molecule has 2 aliphatic rings. The lowest BCUT2D eigenvalue weighted by Gasteiger charge is -2.29. The number of aliphatic hydroxyl groups is 1. The van der Waals surface area contributed by atoms with Crippen molar-refractivity contribution in [1.29, 1.82) is 0 Å². The van der Waals surface area contributed by atoms with Crippen LogP contribution in [-0.4, -0.2) is 63.8 Å². The number of fused-ring (bicyclic) bond motifs is 2.